The van der Waals surface area contributed by atoms with Crippen LogP contribution in [0.3, 0.4) is 0 Å². The molecule has 0 bridgehead atoms. The molecule has 2 N–H and O–H groups in total. The quantitative estimate of drug-likeness (QED) is 0.362. The van der Waals surface area contributed by atoms with Gasteiger partial charge in [0.05, 0.1) is 6.61 Å². The highest BCUT2D eigenvalue weighted by Gasteiger charge is 2.52. The van der Waals surface area contributed by atoms with Gasteiger partial charge in [0.1, 0.15) is 11.9 Å². The number of hydrogen-bond acceptors (Lipinski definition) is 6. The molecule has 176 valence electrons. The van der Waals surface area contributed by atoms with E-state index in [9.17, 15) is 18.8 Å². The highest BCUT2D eigenvalue weighted by Crippen LogP contribution is 2.24. The van der Waals surface area contributed by atoms with Gasteiger partial charge < -0.3 is 20.1 Å². The zero-order valence-electron chi connectivity index (χ0n) is 18.3. The first-order valence-corrected chi connectivity index (χ1v) is 11.9. The third kappa shape index (κ3) is 7.87. The second-order valence-electron chi connectivity index (χ2n) is 7.46. The highest BCUT2D eigenvalue weighted by molar-refractivity contribution is 7.98. The van der Waals surface area contributed by atoms with E-state index >= 15 is 0 Å². The van der Waals surface area contributed by atoms with Gasteiger partial charge in [-0.25, -0.2) is 9.18 Å². The van der Waals surface area contributed by atoms with Crippen molar-refractivity contribution in [1.82, 2.24) is 10.6 Å². The van der Waals surface area contributed by atoms with E-state index < -0.39 is 30.1 Å². The van der Waals surface area contributed by atoms with Gasteiger partial charge in [-0.3, -0.25) is 9.59 Å². The van der Waals surface area contributed by atoms with Crippen molar-refractivity contribution in [3.63, 3.8) is 0 Å². The molecule has 3 atom stereocenters. The molecule has 0 radical (unpaired) electrons. The van der Waals surface area contributed by atoms with Crippen molar-refractivity contribution in [3.8, 4) is 0 Å². The third-order valence-corrected chi connectivity index (χ3v) is 6.01. The van der Waals surface area contributed by atoms with Crippen LogP contribution < -0.4 is 10.6 Å². The number of nitrogens with one attached hydrogen (secondary N) is 2. The third-order valence-electron chi connectivity index (χ3n) is 4.90. The van der Waals surface area contributed by atoms with Crippen LogP contribution in [0.15, 0.2) is 54.6 Å². The molecule has 2 aromatic carbocycles. The molecule has 1 fully saturated rings. The fraction of sp³-hybridized carbons (Fsp3) is 0.375. The summed E-state index contributed by atoms with van der Waals surface area (Å²) >= 11 is 1.51. The average Bonchev–Trinajstić information content (AvgIpc) is 3.61. The van der Waals surface area contributed by atoms with E-state index in [1.54, 1.807) is 19.1 Å². The smallest absolute Gasteiger partial charge is 0.338 e. The molecule has 1 aliphatic rings. The van der Waals surface area contributed by atoms with Crippen molar-refractivity contribution in [2.24, 2.45) is 0 Å². The Kier molecular flexibility index (Phi) is 9.26. The maximum absolute atomic E-state index is 13.3. The van der Waals surface area contributed by atoms with Crippen LogP contribution in [0.1, 0.15) is 18.1 Å². The molecule has 3 rings (SSSR count). The number of hydrogen-bond donors (Lipinski definition) is 2. The molecule has 1 heterocycles. The number of halogens is 1. The molecule has 0 spiro atoms. The Hall–Kier alpha value is -2.91. The Morgan fingerprint density at radius 1 is 1.09 bits per heavy atom. The molecular formula is C24H27FN2O5S. The number of thioether (sulfide) groups is 1. The van der Waals surface area contributed by atoms with E-state index in [1.165, 1.54) is 23.9 Å². The highest BCUT2D eigenvalue weighted by atomic mass is 32.2. The Labute approximate surface area is 196 Å². The zero-order chi connectivity index (χ0) is 23.6. The molecule has 33 heavy (non-hydrogen) atoms. The van der Waals surface area contributed by atoms with Gasteiger partial charge in [0.2, 0.25) is 5.91 Å². The number of carbonyl (C=O) groups excluding carboxylic acids is 3. The molecule has 1 saturated heterocycles. The molecular weight excluding hydrogens is 447 g/mol. The Balaban J connectivity index is 1.53. The number of benzene rings is 2. The SMILES string of the molecule is CCOC(=O)[C@H]1O[C@@H]1C(=O)N[C@@H](CSCc1ccccc1)C(=O)NCCc1cccc(F)c1. The van der Waals surface area contributed by atoms with Crippen LogP contribution in [-0.4, -0.2) is 54.9 Å². The molecule has 2 aromatic rings. The molecule has 0 aromatic heterocycles. The topological polar surface area (TPSA) is 97.0 Å². The minimum atomic E-state index is -0.953. The second kappa shape index (κ2) is 12.4. The fourth-order valence-corrected chi connectivity index (χ4v) is 4.18. The van der Waals surface area contributed by atoms with Crippen molar-refractivity contribution in [2.45, 2.75) is 37.3 Å². The van der Waals surface area contributed by atoms with Gasteiger partial charge in [-0.05, 0) is 36.6 Å². The minimum Gasteiger partial charge on any atom is -0.464 e. The van der Waals surface area contributed by atoms with Crippen LogP contribution in [0.5, 0.6) is 0 Å². The number of carbonyl (C=O) groups is 3. The van der Waals surface area contributed by atoms with Crippen molar-refractivity contribution < 1.29 is 28.2 Å². The summed E-state index contributed by atoms with van der Waals surface area (Å²) in [6.07, 6.45) is -1.43. The molecule has 0 saturated carbocycles. The lowest BCUT2D eigenvalue weighted by Crippen LogP contribution is -2.50. The summed E-state index contributed by atoms with van der Waals surface area (Å²) in [6, 6.07) is 15.1. The fourth-order valence-electron chi connectivity index (χ4n) is 3.17. The van der Waals surface area contributed by atoms with Crippen molar-refractivity contribution >= 4 is 29.5 Å². The lowest BCUT2D eigenvalue weighted by Gasteiger charge is -2.18. The largest absolute Gasteiger partial charge is 0.464 e. The summed E-state index contributed by atoms with van der Waals surface area (Å²) in [5.74, 6) is -0.792. The predicted octanol–water partition coefficient (Wildman–Crippen LogP) is 2.23. The summed E-state index contributed by atoms with van der Waals surface area (Å²) < 4.78 is 23.3. The summed E-state index contributed by atoms with van der Waals surface area (Å²) in [6.45, 7) is 2.16. The van der Waals surface area contributed by atoms with Crippen molar-refractivity contribution in [2.75, 3.05) is 18.9 Å². The van der Waals surface area contributed by atoms with Crippen molar-refractivity contribution in [3.05, 3.63) is 71.5 Å². The second-order valence-corrected chi connectivity index (χ2v) is 8.49. The molecule has 7 nitrogen and oxygen atoms in total. The van der Waals surface area contributed by atoms with E-state index in [0.717, 1.165) is 11.1 Å². The Morgan fingerprint density at radius 3 is 2.58 bits per heavy atom. The predicted molar refractivity (Wildman–Crippen MR) is 123 cm³/mol. The first-order valence-electron chi connectivity index (χ1n) is 10.7. The number of amides is 2. The van der Waals surface area contributed by atoms with Gasteiger partial charge in [-0.2, -0.15) is 11.8 Å². The van der Waals surface area contributed by atoms with Crippen LogP contribution in [0, 0.1) is 5.82 Å². The first kappa shape index (κ1) is 24.7. The van der Waals surface area contributed by atoms with Gasteiger partial charge >= 0.3 is 5.97 Å². The summed E-state index contributed by atoms with van der Waals surface area (Å²) in [5, 5.41) is 5.48. The summed E-state index contributed by atoms with van der Waals surface area (Å²) in [4.78, 5) is 37.1. The monoisotopic (exact) mass is 474 g/mol. The Bertz CT molecular complexity index is 959. The van der Waals surface area contributed by atoms with Gasteiger partial charge in [-0.15, -0.1) is 0 Å². The van der Waals surface area contributed by atoms with Gasteiger partial charge in [0.15, 0.2) is 12.2 Å². The first-order chi connectivity index (χ1) is 16.0. The van der Waals surface area contributed by atoms with E-state index in [4.69, 9.17) is 9.47 Å². The average molecular weight is 475 g/mol. The van der Waals surface area contributed by atoms with Crippen LogP contribution in [0.25, 0.3) is 0 Å². The minimum absolute atomic E-state index is 0.194. The summed E-state index contributed by atoms with van der Waals surface area (Å²) in [5.41, 5.74) is 1.87. The molecule has 1 aliphatic heterocycles. The summed E-state index contributed by atoms with van der Waals surface area (Å²) in [7, 11) is 0. The van der Waals surface area contributed by atoms with Gasteiger partial charge in [0, 0.05) is 18.1 Å². The van der Waals surface area contributed by atoms with Crippen LogP contribution in [0.2, 0.25) is 0 Å². The van der Waals surface area contributed by atoms with E-state index in [0.29, 0.717) is 24.5 Å². The standard InChI is InChI=1S/C24H27FN2O5S/c1-2-31-24(30)21-20(32-21)23(29)27-19(15-33-14-17-7-4-3-5-8-17)22(28)26-12-11-16-9-6-10-18(25)13-16/h3-10,13,19-21H,2,11-12,14-15H2,1H3,(H,26,28)(H,27,29)/t19-,20-,21-/m0/s1. The number of epoxide rings is 1. The van der Waals surface area contributed by atoms with E-state index in [1.807, 2.05) is 30.3 Å². The molecule has 0 aliphatic carbocycles. The van der Waals surface area contributed by atoms with Crippen LogP contribution in [0.4, 0.5) is 4.39 Å². The van der Waals surface area contributed by atoms with Crippen molar-refractivity contribution in [1.29, 1.82) is 0 Å². The van der Waals surface area contributed by atoms with Crippen LogP contribution in [-0.2, 0) is 36.0 Å². The van der Waals surface area contributed by atoms with Gasteiger partial charge in [0.25, 0.3) is 5.91 Å². The zero-order valence-corrected chi connectivity index (χ0v) is 19.1. The maximum Gasteiger partial charge on any atom is 0.338 e. The lowest BCUT2D eigenvalue weighted by atomic mass is 10.1. The molecule has 0 unspecified atom stereocenters. The lowest BCUT2D eigenvalue weighted by molar-refractivity contribution is -0.144. The van der Waals surface area contributed by atoms with E-state index in [-0.39, 0.29) is 18.3 Å². The Morgan fingerprint density at radius 2 is 1.85 bits per heavy atom. The number of rotatable bonds is 12. The van der Waals surface area contributed by atoms with Crippen LogP contribution >= 0.6 is 11.8 Å². The molecule has 9 heteroatoms. The number of ether oxygens (including phenoxy) is 2. The van der Waals surface area contributed by atoms with E-state index in [2.05, 4.69) is 10.6 Å². The van der Waals surface area contributed by atoms with Gasteiger partial charge in [-0.1, -0.05) is 42.5 Å². The number of esters is 1. The maximum atomic E-state index is 13.3. The normalized spacial score (nSPS) is 17.6. The molecule has 2 amide bonds.